The van der Waals surface area contributed by atoms with Gasteiger partial charge in [0.2, 0.25) is 0 Å². The number of rotatable bonds is 3. The van der Waals surface area contributed by atoms with E-state index < -0.39 is 0 Å². The molecule has 1 aliphatic rings. The van der Waals surface area contributed by atoms with Gasteiger partial charge in [-0.05, 0) is 36.5 Å². The van der Waals surface area contributed by atoms with Gasteiger partial charge in [0.15, 0.2) is 0 Å². The molecule has 0 bridgehead atoms. The van der Waals surface area contributed by atoms with Crippen LogP contribution < -0.4 is 0 Å². The van der Waals surface area contributed by atoms with Gasteiger partial charge in [0.1, 0.15) is 6.29 Å². The molecule has 0 N–H and O–H groups in total. The number of carbonyl (C=O) groups excluding carboxylic acids is 1. The molecule has 0 saturated heterocycles. The topological polar surface area (TPSA) is 17.1 Å². The lowest BCUT2D eigenvalue weighted by molar-refractivity contribution is -0.110. The maximum atomic E-state index is 11.3. The summed E-state index contributed by atoms with van der Waals surface area (Å²) in [4.78, 5) is 11.3. The van der Waals surface area contributed by atoms with E-state index in [4.69, 9.17) is 0 Å². The van der Waals surface area contributed by atoms with Crippen LogP contribution in [0.15, 0.2) is 28.7 Å². The van der Waals surface area contributed by atoms with Crippen molar-refractivity contribution in [2.75, 3.05) is 0 Å². The molecule has 1 aromatic carbocycles. The van der Waals surface area contributed by atoms with Gasteiger partial charge in [-0.2, -0.15) is 0 Å². The number of benzene rings is 1. The molecule has 1 aromatic rings. The minimum absolute atomic E-state index is 0.105. The highest BCUT2D eigenvalue weighted by atomic mass is 79.9. The van der Waals surface area contributed by atoms with Crippen LogP contribution in [0.4, 0.5) is 0 Å². The molecule has 1 aliphatic carbocycles. The van der Waals surface area contributed by atoms with E-state index in [1.54, 1.807) is 0 Å². The Morgan fingerprint density at radius 2 is 1.75 bits per heavy atom. The number of hydrogen-bond acceptors (Lipinski definition) is 1. The van der Waals surface area contributed by atoms with E-state index in [0.717, 1.165) is 10.8 Å². The number of halogens is 1. The first-order chi connectivity index (χ1) is 7.81. The molecule has 2 heteroatoms. The second-order valence-corrected chi connectivity index (χ2v) is 5.53. The highest BCUT2D eigenvalue weighted by molar-refractivity contribution is 9.10. The molecule has 0 amide bonds. The minimum atomic E-state index is 0.105. The Morgan fingerprint density at radius 3 is 2.31 bits per heavy atom. The van der Waals surface area contributed by atoms with E-state index >= 15 is 0 Å². The van der Waals surface area contributed by atoms with Gasteiger partial charge in [-0.1, -0.05) is 47.3 Å². The van der Waals surface area contributed by atoms with Crippen molar-refractivity contribution in [1.29, 1.82) is 0 Å². The van der Waals surface area contributed by atoms with Gasteiger partial charge < -0.3 is 4.79 Å². The smallest absolute Gasteiger partial charge is 0.127 e. The van der Waals surface area contributed by atoms with Crippen LogP contribution in [0.3, 0.4) is 0 Å². The third kappa shape index (κ3) is 2.73. The van der Waals surface area contributed by atoms with Crippen molar-refractivity contribution < 1.29 is 4.79 Å². The van der Waals surface area contributed by atoms with Crippen molar-refractivity contribution in [3.8, 4) is 0 Å². The molecule has 0 radical (unpaired) electrons. The zero-order chi connectivity index (χ0) is 11.4. The van der Waals surface area contributed by atoms with E-state index in [1.807, 2.05) is 12.1 Å². The normalized spacial score (nSPS) is 19.3. The van der Waals surface area contributed by atoms with Crippen molar-refractivity contribution in [1.82, 2.24) is 0 Å². The highest BCUT2D eigenvalue weighted by Gasteiger charge is 2.24. The van der Waals surface area contributed by atoms with Crippen molar-refractivity contribution in [2.45, 2.75) is 38.0 Å². The molecule has 0 aromatic heterocycles. The molecular weight excluding hydrogens is 264 g/mol. The van der Waals surface area contributed by atoms with Gasteiger partial charge in [-0.15, -0.1) is 0 Å². The van der Waals surface area contributed by atoms with E-state index in [1.165, 1.54) is 37.7 Å². The van der Waals surface area contributed by atoms with Gasteiger partial charge in [0.05, 0.1) is 0 Å². The largest absolute Gasteiger partial charge is 0.303 e. The number of carbonyl (C=O) groups is 1. The number of hydrogen-bond donors (Lipinski definition) is 0. The molecule has 1 atom stereocenters. The SMILES string of the molecule is O=CC(c1ccc(Br)cc1)C1CCCCC1. The molecule has 86 valence electrons. The number of aldehydes is 1. The van der Waals surface area contributed by atoms with Gasteiger partial charge in [0.25, 0.3) is 0 Å². The van der Waals surface area contributed by atoms with E-state index in [2.05, 4.69) is 28.1 Å². The summed E-state index contributed by atoms with van der Waals surface area (Å²) in [5, 5.41) is 0. The summed E-state index contributed by atoms with van der Waals surface area (Å²) in [7, 11) is 0. The average Bonchev–Trinajstić information content (AvgIpc) is 2.34. The summed E-state index contributed by atoms with van der Waals surface area (Å²) < 4.78 is 1.07. The van der Waals surface area contributed by atoms with Gasteiger partial charge >= 0.3 is 0 Å². The minimum Gasteiger partial charge on any atom is -0.303 e. The predicted molar refractivity (Wildman–Crippen MR) is 69.5 cm³/mol. The third-order valence-electron chi connectivity index (χ3n) is 3.56. The van der Waals surface area contributed by atoms with E-state index in [-0.39, 0.29) is 5.92 Å². The molecule has 1 fully saturated rings. The molecule has 2 rings (SSSR count). The maximum absolute atomic E-state index is 11.3. The molecule has 0 spiro atoms. The molecule has 0 heterocycles. The zero-order valence-electron chi connectivity index (χ0n) is 9.36. The molecule has 1 saturated carbocycles. The molecular formula is C14H17BrO. The molecule has 1 unspecified atom stereocenters. The van der Waals surface area contributed by atoms with E-state index in [0.29, 0.717) is 5.92 Å². The Bertz CT molecular complexity index is 338. The molecule has 1 nitrogen and oxygen atoms in total. The summed E-state index contributed by atoms with van der Waals surface area (Å²) >= 11 is 3.42. The zero-order valence-corrected chi connectivity index (χ0v) is 10.9. The van der Waals surface area contributed by atoms with Crippen LogP contribution in [-0.4, -0.2) is 6.29 Å². The van der Waals surface area contributed by atoms with Gasteiger partial charge in [-0.25, -0.2) is 0 Å². The van der Waals surface area contributed by atoms with Crippen molar-refractivity contribution in [2.24, 2.45) is 5.92 Å². The highest BCUT2D eigenvalue weighted by Crippen LogP contribution is 2.35. The fourth-order valence-electron chi connectivity index (χ4n) is 2.64. The fraction of sp³-hybridized carbons (Fsp3) is 0.500. The summed E-state index contributed by atoms with van der Waals surface area (Å²) in [6.45, 7) is 0. The van der Waals surface area contributed by atoms with Crippen LogP contribution in [0.25, 0.3) is 0 Å². The standard InChI is InChI=1S/C14H17BrO/c15-13-8-6-12(7-9-13)14(10-16)11-4-2-1-3-5-11/h6-11,14H,1-5H2. The van der Waals surface area contributed by atoms with Crippen LogP contribution >= 0.6 is 15.9 Å². The Kier molecular flexibility index (Phi) is 4.16. The lowest BCUT2D eigenvalue weighted by Crippen LogP contribution is -2.17. The van der Waals surface area contributed by atoms with Gasteiger partial charge in [0, 0.05) is 10.4 Å². The first kappa shape index (κ1) is 11.8. The second-order valence-electron chi connectivity index (χ2n) is 4.61. The molecule has 0 aliphatic heterocycles. The van der Waals surface area contributed by atoms with Crippen molar-refractivity contribution in [3.63, 3.8) is 0 Å². The summed E-state index contributed by atoms with van der Waals surface area (Å²) in [6, 6.07) is 8.18. The Hall–Kier alpha value is -0.630. The van der Waals surface area contributed by atoms with Crippen molar-refractivity contribution in [3.05, 3.63) is 34.3 Å². The van der Waals surface area contributed by atoms with Crippen LogP contribution in [0.5, 0.6) is 0 Å². The van der Waals surface area contributed by atoms with Crippen LogP contribution in [-0.2, 0) is 4.79 Å². The lowest BCUT2D eigenvalue weighted by atomic mass is 9.77. The first-order valence-corrected chi connectivity index (χ1v) is 6.81. The summed E-state index contributed by atoms with van der Waals surface area (Å²) in [6.07, 6.45) is 7.46. The molecule has 16 heavy (non-hydrogen) atoms. The first-order valence-electron chi connectivity index (χ1n) is 6.02. The van der Waals surface area contributed by atoms with Crippen LogP contribution in [0, 0.1) is 5.92 Å². The maximum Gasteiger partial charge on any atom is 0.127 e. The predicted octanol–water partition coefficient (Wildman–Crippen LogP) is 4.31. The Morgan fingerprint density at radius 1 is 1.12 bits per heavy atom. The van der Waals surface area contributed by atoms with Gasteiger partial charge in [-0.3, -0.25) is 0 Å². The second kappa shape index (κ2) is 5.62. The third-order valence-corrected chi connectivity index (χ3v) is 4.09. The Labute approximate surface area is 105 Å². The fourth-order valence-corrected chi connectivity index (χ4v) is 2.90. The van der Waals surface area contributed by atoms with Crippen LogP contribution in [0.1, 0.15) is 43.6 Å². The van der Waals surface area contributed by atoms with Crippen molar-refractivity contribution >= 4 is 22.2 Å². The summed E-state index contributed by atoms with van der Waals surface area (Å²) in [5.41, 5.74) is 1.17. The van der Waals surface area contributed by atoms with E-state index in [9.17, 15) is 4.79 Å². The van der Waals surface area contributed by atoms with Crippen LogP contribution in [0.2, 0.25) is 0 Å². The Balaban J connectivity index is 2.14. The average molecular weight is 281 g/mol. The monoisotopic (exact) mass is 280 g/mol. The lowest BCUT2D eigenvalue weighted by Gasteiger charge is -2.26. The quantitative estimate of drug-likeness (QED) is 0.754. The summed E-state index contributed by atoms with van der Waals surface area (Å²) in [5.74, 6) is 0.667.